The lowest BCUT2D eigenvalue weighted by atomic mass is 10.2. The van der Waals surface area contributed by atoms with Gasteiger partial charge in [0.1, 0.15) is 11.3 Å². The molecule has 0 aliphatic carbocycles. The third kappa shape index (κ3) is 3.61. The Balaban J connectivity index is 1.97. The number of carbonyl (C=O) groups excluding carboxylic acids is 1. The quantitative estimate of drug-likeness (QED) is 0.730. The summed E-state index contributed by atoms with van der Waals surface area (Å²) in [6.07, 6.45) is 1.85. The van der Waals surface area contributed by atoms with Crippen LogP contribution in [0.25, 0.3) is 0 Å². The molecule has 2 aromatic carbocycles. The molecule has 0 aliphatic heterocycles. The summed E-state index contributed by atoms with van der Waals surface area (Å²) in [5.41, 5.74) is 1.56. The Kier molecular flexibility index (Phi) is 4.43. The van der Waals surface area contributed by atoms with Crippen molar-refractivity contribution in [3.05, 3.63) is 101 Å². The Labute approximate surface area is 133 Å². The van der Waals surface area contributed by atoms with Crippen LogP contribution in [0.15, 0.2) is 84.0 Å². The fraction of sp³-hybridized carbons (Fsp3) is 0.0526. The van der Waals surface area contributed by atoms with E-state index in [1.807, 2.05) is 47.2 Å². The first-order chi connectivity index (χ1) is 11.2. The number of hydrogen-bond donors (Lipinski definition) is 0. The van der Waals surface area contributed by atoms with Crippen molar-refractivity contribution in [1.82, 2.24) is 4.57 Å². The average molecular weight is 306 g/mol. The van der Waals surface area contributed by atoms with Crippen LogP contribution in [0.2, 0.25) is 0 Å². The maximum atomic E-state index is 13.7. The van der Waals surface area contributed by atoms with Crippen molar-refractivity contribution in [2.45, 2.75) is 6.54 Å². The SMILES string of the molecule is O=C(N=c1ccccn1Cc1ccccc1)c1ccccc1F. The molecule has 0 bridgehead atoms. The molecule has 3 rings (SSSR count). The second-order valence-corrected chi connectivity index (χ2v) is 5.07. The number of halogens is 1. The van der Waals surface area contributed by atoms with Crippen molar-refractivity contribution in [3.8, 4) is 0 Å². The maximum absolute atomic E-state index is 13.7. The smallest absolute Gasteiger partial charge is 0.281 e. The van der Waals surface area contributed by atoms with Crippen LogP contribution in [0.5, 0.6) is 0 Å². The number of nitrogens with zero attached hydrogens (tertiary/aromatic N) is 2. The Morgan fingerprint density at radius 3 is 2.39 bits per heavy atom. The van der Waals surface area contributed by atoms with Crippen molar-refractivity contribution < 1.29 is 9.18 Å². The van der Waals surface area contributed by atoms with Gasteiger partial charge < -0.3 is 4.57 Å². The predicted molar refractivity (Wildman–Crippen MR) is 86.3 cm³/mol. The third-order valence-electron chi connectivity index (χ3n) is 3.43. The lowest BCUT2D eigenvalue weighted by molar-refractivity contribution is 0.0993. The van der Waals surface area contributed by atoms with E-state index < -0.39 is 11.7 Å². The molecule has 23 heavy (non-hydrogen) atoms. The van der Waals surface area contributed by atoms with E-state index in [-0.39, 0.29) is 5.56 Å². The van der Waals surface area contributed by atoms with E-state index in [9.17, 15) is 9.18 Å². The van der Waals surface area contributed by atoms with Crippen LogP contribution in [0, 0.1) is 5.82 Å². The van der Waals surface area contributed by atoms with Crippen LogP contribution in [-0.4, -0.2) is 10.5 Å². The van der Waals surface area contributed by atoms with Crippen LogP contribution >= 0.6 is 0 Å². The number of amides is 1. The highest BCUT2D eigenvalue weighted by molar-refractivity contribution is 5.95. The first-order valence-corrected chi connectivity index (χ1v) is 7.27. The molecular weight excluding hydrogens is 291 g/mol. The summed E-state index contributed by atoms with van der Waals surface area (Å²) >= 11 is 0. The normalized spacial score (nSPS) is 11.4. The van der Waals surface area contributed by atoms with E-state index in [1.165, 1.54) is 12.1 Å². The largest absolute Gasteiger partial charge is 0.328 e. The minimum absolute atomic E-state index is 0.0254. The topological polar surface area (TPSA) is 34.4 Å². The first-order valence-electron chi connectivity index (χ1n) is 7.27. The standard InChI is InChI=1S/C19H15FN2O/c20-17-11-5-4-10-16(17)19(23)21-18-12-6-7-13-22(18)14-15-8-2-1-3-9-15/h1-13H,14H2. The molecule has 0 atom stereocenters. The maximum Gasteiger partial charge on any atom is 0.281 e. The Morgan fingerprint density at radius 1 is 0.913 bits per heavy atom. The molecule has 3 aromatic rings. The molecular formula is C19H15FN2O. The zero-order valence-electron chi connectivity index (χ0n) is 12.4. The van der Waals surface area contributed by atoms with Gasteiger partial charge in [0.2, 0.25) is 0 Å². The molecule has 1 heterocycles. The summed E-state index contributed by atoms with van der Waals surface area (Å²) in [6, 6.07) is 21.1. The summed E-state index contributed by atoms with van der Waals surface area (Å²) in [4.78, 5) is 16.3. The molecule has 1 amide bonds. The molecule has 1 aromatic heterocycles. The number of rotatable bonds is 3. The Bertz CT molecular complexity index is 885. The van der Waals surface area contributed by atoms with Gasteiger partial charge in [-0.25, -0.2) is 4.39 Å². The predicted octanol–water partition coefficient (Wildman–Crippen LogP) is 3.42. The second kappa shape index (κ2) is 6.83. The van der Waals surface area contributed by atoms with Crippen LogP contribution in [0.1, 0.15) is 15.9 Å². The molecule has 0 radical (unpaired) electrons. The molecule has 0 unspecified atom stereocenters. The molecule has 0 N–H and O–H groups in total. The number of benzene rings is 2. The van der Waals surface area contributed by atoms with Gasteiger partial charge in [-0.1, -0.05) is 48.5 Å². The molecule has 114 valence electrons. The van der Waals surface area contributed by atoms with Crippen LogP contribution in [0.4, 0.5) is 4.39 Å². The van der Waals surface area contributed by atoms with E-state index in [0.29, 0.717) is 12.0 Å². The van der Waals surface area contributed by atoms with E-state index in [4.69, 9.17) is 0 Å². The van der Waals surface area contributed by atoms with E-state index in [1.54, 1.807) is 24.3 Å². The molecule has 0 spiro atoms. The fourth-order valence-electron chi connectivity index (χ4n) is 2.28. The van der Waals surface area contributed by atoms with Gasteiger partial charge in [-0.15, -0.1) is 0 Å². The lowest BCUT2D eigenvalue weighted by Gasteiger charge is -2.07. The zero-order chi connectivity index (χ0) is 16.1. The molecule has 0 aliphatic rings. The van der Waals surface area contributed by atoms with Gasteiger partial charge in [-0.3, -0.25) is 4.79 Å². The van der Waals surface area contributed by atoms with Gasteiger partial charge in [0.05, 0.1) is 5.56 Å². The van der Waals surface area contributed by atoms with Crippen LogP contribution < -0.4 is 5.49 Å². The Morgan fingerprint density at radius 2 is 1.61 bits per heavy atom. The summed E-state index contributed by atoms with van der Waals surface area (Å²) in [5.74, 6) is -1.15. The van der Waals surface area contributed by atoms with Crippen LogP contribution in [-0.2, 0) is 6.54 Å². The number of pyridine rings is 1. The van der Waals surface area contributed by atoms with E-state index in [2.05, 4.69) is 4.99 Å². The van der Waals surface area contributed by atoms with Crippen molar-refractivity contribution in [1.29, 1.82) is 0 Å². The van der Waals surface area contributed by atoms with Crippen molar-refractivity contribution >= 4 is 5.91 Å². The summed E-state index contributed by atoms with van der Waals surface area (Å²) in [6.45, 7) is 0.588. The Hall–Kier alpha value is -3.01. The minimum atomic E-state index is -0.587. The third-order valence-corrected chi connectivity index (χ3v) is 3.43. The van der Waals surface area contributed by atoms with Gasteiger partial charge in [0.15, 0.2) is 0 Å². The van der Waals surface area contributed by atoms with Gasteiger partial charge in [-0.2, -0.15) is 4.99 Å². The van der Waals surface area contributed by atoms with E-state index in [0.717, 1.165) is 5.56 Å². The monoisotopic (exact) mass is 306 g/mol. The van der Waals surface area contributed by atoms with Gasteiger partial charge >= 0.3 is 0 Å². The average Bonchev–Trinajstić information content (AvgIpc) is 2.58. The number of aromatic nitrogens is 1. The lowest BCUT2D eigenvalue weighted by Crippen LogP contribution is -2.22. The minimum Gasteiger partial charge on any atom is -0.328 e. The summed E-state index contributed by atoms with van der Waals surface area (Å²) < 4.78 is 15.6. The second-order valence-electron chi connectivity index (χ2n) is 5.07. The van der Waals surface area contributed by atoms with Crippen LogP contribution in [0.3, 0.4) is 0 Å². The highest BCUT2D eigenvalue weighted by atomic mass is 19.1. The summed E-state index contributed by atoms with van der Waals surface area (Å²) in [7, 11) is 0. The molecule has 0 fully saturated rings. The van der Waals surface area contributed by atoms with Crippen molar-refractivity contribution in [2.75, 3.05) is 0 Å². The van der Waals surface area contributed by atoms with Gasteiger partial charge in [0, 0.05) is 12.7 Å². The molecule has 0 saturated carbocycles. The van der Waals surface area contributed by atoms with Gasteiger partial charge in [-0.05, 0) is 29.8 Å². The summed E-state index contributed by atoms with van der Waals surface area (Å²) in [5, 5.41) is 0. The number of hydrogen-bond acceptors (Lipinski definition) is 1. The number of carbonyl (C=O) groups is 1. The molecule has 3 nitrogen and oxygen atoms in total. The van der Waals surface area contributed by atoms with Crippen molar-refractivity contribution in [3.63, 3.8) is 0 Å². The van der Waals surface area contributed by atoms with Gasteiger partial charge in [0.25, 0.3) is 5.91 Å². The highest BCUT2D eigenvalue weighted by Crippen LogP contribution is 2.07. The first kappa shape index (κ1) is 14.9. The van der Waals surface area contributed by atoms with Crippen molar-refractivity contribution in [2.24, 2.45) is 4.99 Å². The van der Waals surface area contributed by atoms with E-state index >= 15 is 0 Å². The zero-order valence-corrected chi connectivity index (χ0v) is 12.4. The highest BCUT2D eigenvalue weighted by Gasteiger charge is 2.09. The molecule has 4 heteroatoms. The fourth-order valence-corrected chi connectivity index (χ4v) is 2.28. The molecule has 0 saturated heterocycles.